The van der Waals surface area contributed by atoms with E-state index in [0.29, 0.717) is 31.5 Å². The predicted octanol–water partition coefficient (Wildman–Crippen LogP) is 0.949. The number of aromatic nitrogens is 3. The molecule has 1 aliphatic heterocycles. The Kier molecular flexibility index (Phi) is 5.67. The van der Waals surface area contributed by atoms with Gasteiger partial charge in [-0.05, 0) is 24.1 Å². The van der Waals surface area contributed by atoms with Crippen LogP contribution in [0.3, 0.4) is 0 Å². The maximum absolute atomic E-state index is 13.4. The van der Waals surface area contributed by atoms with Crippen molar-refractivity contribution in [2.45, 2.75) is 38.6 Å². The Hall–Kier alpha value is -2.68. The number of rotatable bonds is 5. The standard InChI is InChI=1S/C17H23FN6O2/c1-19-17(20-8-11-3-5-14(25)13(18)7-11)21-12-4-6-16-22-15(10-26-2)23-24(16)9-12/h3,5,7,12,25H,4,6,8-10H2,1-2H3,(H2,19,20,21). The third-order valence-electron chi connectivity index (χ3n) is 4.21. The first kappa shape index (κ1) is 18.1. The van der Waals surface area contributed by atoms with Crippen molar-refractivity contribution >= 4 is 5.96 Å². The van der Waals surface area contributed by atoms with Gasteiger partial charge in [-0.15, -0.1) is 0 Å². The highest BCUT2D eigenvalue weighted by Crippen LogP contribution is 2.16. The van der Waals surface area contributed by atoms with Crippen LogP contribution in [-0.2, 0) is 30.9 Å². The lowest BCUT2D eigenvalue weighted by molar-refractivity contribution is 0.177. The lowest BCUT2D eigenvalue weighted by Crippen LogP contribution is -2.46. The molecule has 0 saturated carbocycles. The van der Waals surface area contributed by atoms with Crippen LogP contribution >= 0.6 is 0 Å². The molecule has 26 heavy (non-hydrogen) atoms. The molecule has 1 atom stereocenters. The molecule has 0 aliphatic carbocycles. The molecule has 0 saturated heterocycles. The summed E-state index contributed by atoms with van der Waals surface area (Å²) in [4.78, 5) is 8.68. The molecular formula is C17H23FN6O2. The molecule has 0 fully saturated rings. The zero-order valence-electron chi connectivity index (χ0n) is 14.9. The van der Waals surface area contributed by atoms with Crippen molar-refractivity contribution < 1.29 is 14.2 Å². The molecule has 3 rings (SSSR count). The second-order valence-electron chi connectivity index (χ2n) is 6.15. The van der Waals surface area contributed by atoms with Crippen LogP contribution in [0.5, 0.6) is 5.75 Å². The summed E-state index contributed by atoms with van der Waals surface area (Å²) in [6.45, 7) is 1.50. The number of halogens is 1. The zero-order valence-corrected chi connectivity index (χ0v) is 14.9. The molecule has 3 N–H and O–H groups in total. The molecular weight excluding hydrogens is 339 g/mol. The molecule has 0 amide bonds. The zero-order chi connectivity index (χ0) is 18.5. The number of aromatic hydroxyl groups is 1. The Morgan fingerprint density at radius 1 is 1.50 bits per heavy atom. The fraction of sp³-hybridized carbons (Fsp3) is 0.471. The number of phenolic OH excluding ortho intramolecular Hbond substituents is 1. The molecule has 140 valence electrons. The Morgan fingerprint density at radius 2 is 2.35 bits per heavy atom. The average molecular weight is 362 g/mol. The van der Waals surface area contributed by atoms with Gasteiger partial charge in [-0.3, -0.25) is 4.99 Å². The first-order valence-electron chi connectivity index (χ1n) is 8.45. The van der Waals surface area contributed by atoms with Gasteiger partial charge in [0.1, 0.15) is 12.4 Å². The van der Waals surface area contributed by atoms with Gasteiger partial charge in [0.05, 0.1) is 6.54 Å². The second-order valence-corrected chi connectivity index (χ2v) is 6.15. The number of aryl methyl sites for hydroxylation is 1. The molecule has 0 bridgehead atoms. The van der Waals surface area contributed by atoms with E-state index in [1.165, 1.54) is 12.1 Å². The van der Waals surface area contributed by atoms with Gasteiger partial charge in [0, 0.05) is 33.2 Å². The summed E-state index contributed by atoms with van der Waals surface area (Å²) < 4.78 is 20.4. The van der Waals surface area contributed by atoms with Gasteiger partial charge < -0.3 is 20.5 Å². The SMILES string of the molecule is CN=C(NCc1ccc(O)c(F)c1)NC1CCc2nc(COC)nn2C1. The largest absolute Gasteiger partial charge is 0.505 e. The van der Waals surface area contributed by atoms with Gasteiger partial charge >= 0.3 is 0 Å². The van der Waals surface area contributed by atoms with Gasteiger partial charge in [0.15, 0.2) is 23.4 Å². The highest BCUT2D eigenvalue weighted by molar-refractivity contribution is 5.79. The minimum atomic E-state index is -0.634. The molecule has 0 spiro atoms. The normalized spacial score (nSPS) is 17.0. The number of hydrogen-bond donors (Lipinski definition) is 3. The first-order chi connectivity index (χ1) is 12.6. The van der Waals surface area contributed by atoms with E-state index in [1.807, 2.05) is 4.68 Å². The number of nitrogens with zero attached hydrogens (tertiary/aromatic N) is 4. The lowest BCUT2D eigenvalue weighted by Gasteiger charge is -2.25. The first-order valence-corrected chi connectivity index (χ1v) is 8.45. The molecule has 9 heteroatoms. The minimum Gasteiger partial charge on any atom is -0.505 e. The third kappa shape index (κ3) is 4.29. The fourth-order valence-corrected chi connectivity index (χ4v) is 2.90. The van der Waals surface area contributed by atoms with Crippen molar-refractivity contribution in [2.75, 3.05) is 14.2 Å². The second kappa shape index (κ2) is 8.13. The van der Waals surface area contributed by atoms with Gasteiger partial charge in [-0.2, -0.15) is 5.10 Å². The van der Waals surface area contributed by atoms with Crippen LogP contribution in [0, 0.1) is 5.82 Å². The number of guanidine groups is 1. The number of fused-ring (bicyclic) bond motifs is 1. The van der Waals surface area contributed by atoms with E-state index in [1.54, 1.807) is 20.2 Å². The summed E-state index contributed by atoms with van der Waals surface area (Å²) in [6.07, 6.45) is 1.74. The smallest absolute Gasteiger partial charge is 0.191 e. The van der Waals surface area contributed by atoms with Crippen LogP contribution in [0.15, 0.2) is 23.2 Å². The van der Waals surface area contributed by atoms with Crippen molar-refractivity contribution in [3.8, 4) is 5.75 Å². The molecule has 2 aromatic rings. The number of aliphatic imine (C=N–C) groups is 1. The summed E-state index contributed by atoms with van der Waals surface area (Å²) in [5.41, 5.74) is 0.717. The minimum absolute atomic E-state index is 0.169. The predicted molar refractivity (Wildman–Crippen MR) is 94.2 cm³/mol. The monoisotopic (exact) mass is 362 g/mol. The van der Waals surface area contributed by atoms with Crippen molar-refractivity contribution in [3.63, 3.8) is 0 Å². The van der Waals surface area contributed by atoms with Gasteiger partial charge in [0.25, 0.3) is 0 Å². The molecule has 2 heterocycles. The summed E-state index contributed by atoms with van der Waals surface area (Å²) in [5.74, 6) is 1.31. The maximum Gasteiger partial charge on any atom is 0.191 e. The summed E-state index contributed by atoms with van der Waals surface area (Å²) in [6, 6.07) is 4.48. The topological polar surface area (TPSA) is 96.6 Å². The molecule has 8 nitrogen and oxygen atoms in total. The van der Waals surface area contributed by atoms with Crippen molar-refractivity contribution in [2.24, 2.45) is 4.99 Å². The summed E-state index contributed by atoms with van der Waals surface area (Å²) >= 11 is 0. The van der Waals surface area contributed by atoms with Gasteiger partial charge in [0.2, 0.25) is 0 Å². The number of ether oxygens (including phenoxy) is 1. The van der Waals surface area contributed by atoms with E-state index in [-0.39, 0.29) is 11.8 Å². The Labute approximate surface area is 151 Å². The van der Waals surface area contributed by atoms with Crippen LogP contribution in [0.25, 0.3) is 0 Å². The number of phenols is 1. The highest BCUT2D eigenvalue weighted by Gasteiger charge is 2.22. The van der Waals surface area contributed by atoms with Crippen LogP contribution in [0.1, 0.15) is 23.6 Å². The van der Waals surface area contributed by atoms with E-state index in [2.05, 4.69) is 25.7 Å². The van der Waals surface area contributed by atoms with Gasteiger partial charge in [-0.1, -0.05) is 6.07 Å². The Morgan fingerprint density at radius 3 is 3.08 bits per heavy atom. The van der Waals surface area contributed by atoms with Crippen molar-refractivity contribution in [1.29, 1.82) is 0 Å². The molecule has 1 aliphatic rings. The lowest BCUT2D eigenvalue weighted by atomic mass is 10.1. The molecule has 1 aromatic heterocycles. The fourth-order valence-electron chi connectivity index (χ4n) is 2.90. The summed E-state index contributed by atoms with van der Waals surface area (Å²) in [5, 5.41) is 20.2. The van der Waals surface area contributed by atoms with Crippen LogP contribution in [0.2, 0.25) is 0 Å². The number of nitrogens with one attached hydrogen (secondary N) is 2. The maximum atomic E-state index is 13.4. The third-order valence-corrected chi connectivity index (χ3v) is 4.21. The van der Waals surface area contributed by atoms with Crippen molar-refractivity contribution in [1.82, 2.24) is 25.4 Å². The molecule has 1 unspecified atom stereocenters. The van der Waals surface area contributed by atoms with Gasteiger partial charge in [-0.25, -0.2) is 14.1 Å². The number of benzene rings is 1. The quantitative estimate of drug-likeness (QED) is 0.541. The Bertz CT molecular complexity index is 792. The number of hydrogen-bond acceptors (Lipinski definition) is 5. The van der Waals surface area contributed by atoms with Crippen LogP contribution < -0.4 is 10.6 Å². The van der Waals surface area contributed by atoms with E-state index in [4.69, 9.17) is 4.74 Å². The van der Waals surface area contributed by atoms with E-state index in [0.717, 1.165) is 24.2 Å². The molecule has 0 radical (unpaired) electrons. The number of methoxy groups -OCH3 is 1. The van der Waals surface area contributed by atoms with Crippen LogP contribution in [0.4, 0.5) is 4.39 Å². The van der Waals surface area contributed by atoms with E-state index >= 15 is 0 Å². The highest BCUT2D eigenvalue weighted by atomic mass is 19.1. The summed E-state index contributed by atoms with van der Waals surface area (Å²) in [7, 11) is 3.31. The van der Waals surface area contributed by atoms with E-state index < -0.39 is 5.82 Å². The van der Waals surface area contributed by atoms with Crippen molar-refractivity contribution in [3.05, 3.63) is 41.2 Å². The average Bonchev–Trinajstić information content (AvgIpc) is 3.03. The van der Waals surface area contributed by atoms with E-state index in [9.17, 15) is 9.50 Å². The van der Waals surface area contributed by atoms with Crippen LogP contribution in [-0.4, -0.2) is 46.0 Å². The molecule has 1 aromatic carbocycles. The Balaban J connectivity index is 1.55.